The number of thiocarbonyl (C=S) groups is 1. The molecule has 0 aliphatic rings. The molecule has 1 heterocycles. The highest BCUT2D eigenvalue weighted by molar-refractivity contribution is 7.80. The molecule has 2 N–H and O–H groups in total. The van der Waals surface area contributed by atoms with Gasteiger partial charge < -0.3 is 10.5 Å². The Morgan fingerprint density at radius 2 is 1.84 bits per heavy atom. The summed E-state index contributed by atoms with van der Waals surface area (Å²) in [6.07, 6.45) is 1.65. The smallest absolute Gasteiger partial charge is 0.156 e. The predicted octanol–water partition coefficient (Wildman–Crippen LogP) is 3.63. The molecule has 4 heteroatoms. The second-order valence-corrected chi connectivity index (χ2v) is 4.95. The standard InChI is InChI=1S/C15H16N2OS/c1-10(2)11-6-3-4-7-12(11)18-13-8-5-9-17-14(13)15(16)19/h3-10H,1-2H3,(H2,16,19). The maximum atomic E-state index is 5.93. The number of pyridine rings is 1. The summed E-state index contributed by atoms with van der Waals surface area (Å²) in [6, 6.07) is 11.5. The van der Waals surface area contributed by atoms with Crippen molar-refractivity contribution in [3.8, 4) is 11.5 Å². The van der Waals surface area contributed by atoms with E-state index in [1.54, 1.807) is 12.3 Å². The number of nitrogens with two attached hydrogens (primary N) is 1. The van der Waals surface area contributed by atoms with Crippen LogP contribution in [0.4, 0.5) is 0 Å². The Bertz CT molecular complexity index is 596. The maximum Gasteiger partial charge on any atom is 0.156 e. The summed E-state index contributed by atoms with van der Waals surface area (Å²) in [5, 5.41) is 0. The minimum atomic E-state index is 0.234. The number of benzene rings is 1. The van der Waals surface area contributed by atoms with Gasteiger partial charge in [-0.3, -0.25) is 0 Å². The first-order valence-electron chi connectivity index (χ1n) is 6.11. The van der Waals surface area contributed by atoms with E-state index >= 15 is 0 Å². The molecule has 0 saturated heterocycles. The minimum absolute atomic E-state index is 0.234. The zero-order chi connectivity index (χ0) is 13.8. The predicted molar refractivity (Wildman–Crippen MR) is 80.7 cm³/mol. The van der Waals surface area contributed by atoms with E-state index in [1.165, 1.54) is 0 Å². The lowest BCUT2D eigenvalue weighted by atomic mass is 10.0. The van der Waals surface area contributed by atoms with Gasteiger partial charge in [0.15, 0.2) is 5.75 Å². The Kier molecular flexibility index (Phi) is 4.12. The van der Waals surface area contributed by atoms with Crippen molar-refractivity contribution in [1.29, 1.82) is 0 Å². The third-order valence-corrected chi connectivity index (χ3v) is 2.96. The molecule has 2 aromatic rings. The Morgan fingerprint density at radius 3 is 2.53 bits per heavy atom. The molecule has 0 amide bonds. The van der Waals surface area contributed by atoms with Crippen molar-refractivity contribution >= 4 is 17.2 Å². The van der Waals surface area contributed by atoms with Crippen LogP contribution in [0.25, 0.3) is 0 Å². The van der Waals surface area contributed by atoms with Crippen molar-refractivity contribution in [1.82, 2.24) is 4.98 Å². The molecule has 98 valence electrons. The fraction of sp³-hybridized carbons (Fsp3) is 0.200. The van der Waals surface area contributed by atoms with Crippen LogP contribution in [0.2, 0.25) is 0 Å². The van der Waals surface area contributed by atoms with E-state index < -0.39 is 0 Å². The van der Waals surface area contributed by atoms with Gasteiger partial charge >= 0.3 is 0 Å². The molecule has 0 aliphatic heterocycles. The van der Waals surface area contributed by atoms with Crippen LogP contribution in [0.3, 0.4) is 0 Å². The number of para-hydroxylation sites is 1. The van der Waals surface area contributed by atoms with Crippen molar-refractivity contribution in [3.05, 3.63) is 53.9 Å². The minimum Gasteiger partial charge on any atom is -0.455 e. The van der Waals surface area contributed by atoms with Crippen LogP contribution in [-0.2, 0) is 0 Å². The molecule has 1 aromatic heterocycles. The maximum absolute atomic E-state index is 5.93. The average molecular weight is 272 g/mol. The van der Waals surface area contributed by atoms with Crippen molar-refractivity contribution in [3.63, 3.8) is 0 Å². The molecule has 0 bridgehead atoms. The summed E-state index contributed by atoms with van der Waals surface area (Å²) in [4.78, 5) is 4.39. The number of hydrogen-bond donors (Lipinski definition) is 1. The van der Waals surface area contributed by atoms with E-state index in [1.807, 2.05) is 24.3 Å². The van der Waals surface area contributed by atoms with E-state index in [0.29, 0.717) is 17.4 Å². The molecular formula is C15H16N2OS. The molecule has 1 aromatic carbocycles. The quantitative estimate of drug-likeness (QED) is 0.863. The van der Waals surface area contributed by atoms with Crippen LogP contribution in [0, 0.1) is 0 Å². The van der Waals surface area contributed by atoms with Crippen LogP contribution < -0.4 is 10.5 Å². The lowest BCUT2D eigenvalue weighted by Gasteiger charge is -2.14. The first-order chi connectivity index (χ1) is 9.09. The zero-order valence-electron chi connectivity index (χ0n) is 11.0. The Hall–Kier alpha value is -1.94. The second-order valence-electron chi connectivity index (χ2n) is 4.51. The summed E-state index contributed by atoms with van der Waals surface area (Å²) in [6.45, 7) is 4.25. The van der Waals surface area contributed by atoms with Gasteiger partial charge in [0.2, 0.25) is 0 Å². The molecule has 0 saturated carbocycles. The van der Waals surface area contributed by atoms with E-state index in [-0.39, 0.29) is 4.99 Å². The van der Waals surface area contributed by atoms with Gasteiger partial charge in [0.25, 0.3) is 0 Å². The molecule has 0 fully saturated rings. The molecular weight excluding hydrogens is 256 g/mol. The molecule has 0 radical (unpaired) electrons. The summed E-state index contributed by atoms with van der Waals surface area (Å²) in [7, 11) is 0. The van der Waals surface area contributed by atoms with E-state index in [0.717, 1.165) is 11.3 Å². The Morgan fingerprint density at radius 1 is 1.16 bits per heavy atom. The van der Waals surface area contributed by atoms with Crippen LogP contribution in [-0.4, -0.2) is 9.97 Å². The van der Waals surface area contributed by atoms with Gasteiger partial charge in [-0.05, 0) is 29.7 Å². The zero-order valence-corrected chi connectivity index (χ0v) is 11.8. The van der Waals surface area contributed by atoms with Gasteiger partial charge in [0, 0.05) is 6.20 Å². The topological polar surface area (TPSA) is 48.1 Å². The fourth-order valence-electron chi connectivity index (χ4n) is 1.83. The van der Waals surface area contributed by atoms with Crippen molar-refractivity contribution in [2.45, 2.75) is 19.8 Å². The van der Waals surface area contributed by atoms with Crippen LogP contribution in [0.15, 0.2) is 42.6 Å². The lowest BCUT2D eigenvalue weighted by molar-refractivity contribution is 0.470. The van der Waals surface area contributed by atoms with Gasteiger partial charge in [0.1, 0.15) is 16.4 Å². The first-order valence-corrected chi connectivity index (χ1v) is 6.52. The largest absolute Gasteiger partial charge is 0.455 e. The SMILES string of the molecule is CC(C)c1ccccc1Oc1cccnc1C(N)=S. The lowest BCUT2D eigenvalue weighted by Crippen LogP contribution is -2.12. The van der Waals surface area contributed by atoms with Gasteiger partial charge in [-0.25, -0.2) is 4.98 Å². The highest BCUT2D eigenvalue weighted by atomic mass is 32.1. The van der Waals surface area contributed by atoms with Crippen LogP contribution in [0.1, 0.15) is 31.0 Å². The first kappa shape index (κ1) is 13.5. The molecule has 3 nitrogen and oxygen atoms in total. The Balaban J connectivity index is 2.39. The summed E-state index contributed by atoms with van der Waals surface area (Å²) in [5.74, 6) is 1.77. The van der Waals surface area contributed by atoms with Gasteiger partial charge in [0.05, 0.1) is 0 Å². The normalized spacial score (nSPS) is 10.5. The number of rotatable bonds is 4. The van der Waals surface area contributed by atoms with Crippen LogP contribution in [0.5, 0.6) is 11.5 Å². The molecule has 19 heavy (non-hydrogen) atoms. The fourth-order valence-corrected chi connectivity index (χ4v) is 1.98. The van der Waals surface area contributed by atoms with Crippen molar-refractivity contribution in [2.24, 2.45) is 5.73 Å². The molecule has 0 unspecified atom stereocenters. The number of ether oxygens (including phenoxy) is 1. The molecule has 0 spiro atoms. The molecule has 2 rings (SSSR count). The van der Waals surface area contributed by atoms with Gasteiger partial charge in [-0.2, -0.15) is 0 Å². The monoisotopic (exact) mass is 272 g/mol. The number of hydrogen-bond acceptors (Lipinski definition) is 3. The van der Waals surface area contributed by atoms with E-state index in [2.05, 4.69) is 24.9 Å². The highest BCUT2D eigenvalue weighted by Crippen LogP contribution is 2.31. The van der Waals surface area contributed by atoms with E-state index in [9.17, 15) is 0 Å². The molecule has 0 aliphatic carbocycles. The summed E-state index contributed by atoms with van der Waals surface area (Å²) in [5.41, 5.74) is 7.30. The number of aromatic nitrogens is 1. The molecule has 0 atom stereocenters. The third-order valence-electron chi connectivity index (χ3n) is 2.77. The summed E-state index contributed by atoms with van der Waals surface area (Å²) >= 11 is 4.99. The number of nitrogens with zero attached hydrogens (tertiary/aromatic N) is 1. The summed E-state index contributed by atoms with van der Waals surface area (Å²) < 4.78 is 5.93. The van der Waals surface area contributed by atoms with E-state index in [4.69, 9.17) is 22.7 Å². The van der Waals surface area contributed by atoms with Gasteiger partial charge in [-0.15, -0.1) is 0 Å². The second kappa shape index (κ2) is 5.80. The van der Waals surface area contributed by atoms with Crippen molar-refractivity contribution < 1.29 is 4.74 Å². The average Bonchev–Trinajstić information content (AvgIpc) is 2.39. The highest BCUT2D eigenvalue weighted by Gasteiger charge is 2.12. The Labute approximate surface area is 118 Å². The third kappa shape index (κ3) is 3.09. The van der Waals surface area contributed by atoms with Gasteiger partial charge in [-0.1, -0.05) is 44.3 Å². The van der Waals surface area contributed by atoms with Crippen molar-refractivity contribution in [2.75, 3.05) is 0 Å². The van der Waals surface area contributed by atoms with Crippen LogP contribution >= 0.6 is 12.2 Å².